The van der Waals surface area contributed by atoms with Gasteiger partial charge in [-0.05, 0) is 57.2 Å². The van der Waals surface area contributed by atoms with Gasteiger partial charge in [0.15, 0.2) is 0 Å². The molecule has 1 atom stereocenters. The van der Waals surface area contributed by atoms with Gasteiger partial charge in [0.05, 0.1) is 17.5 Å². The fraction of sp³-hybridized carbons (Fsp3) is 0.381. The summed E-state index contributed by atoms with van der Waals surface area (Å²) >= 11 is 3.28. The number of nitrogens with one attached hydrogen (secondary N) is 1. The highest BCUT2D eigenvalue weighted by Gasteiger charge is 2.23. The largest absolute Gasteiger partial charge is 0.492 e. The molecule has 0 saturated carbocycles. The maximum Gasteiger partial charge on any atom is 0.237 e. The number of thioether (sulfide) groups is 1. The molecular formula is C21H23N3O2S2. The van der Waals surface area contributed by atoms with E-state index in [1.54, 1.807) is 17.7 Å². The summed E-state index contributed by atoms with van der Waals surface area (Å²) in [5, 5.41) is 4.77. The number of rotatable bonds is 6. The number of thiophene rings is 1. The molecule has 1 N–H and O–H groups in total. The Hall–Kier alpha value is -2.12. The summed E-state index contributed by atoms with van der Waals surface area (Å²) in [7, 11) is 0. The third-order valence-electron chi connectivity index (χ3n) is 4.82. The van der Waals surface area contributed by atoms with E-state index < -0.39 is 0 Å². The number of carbonyl (C=O) groups excluding carboxylic acids is 1. The van der Waals surface area contributed by atoms with Crippen molar-refractivity contribution in [1.82, 2.24) is 9.97 Å². The van der Waals surface area contributed by atoms with Gasteiger partial charge < -0.3 is 10.1 Å². The van der Waals surface area contributed by atoms with E-state index in [0.717, 1.165) is 28.1 Å². The third kappa shape index (κ3) is 3.86. The lowest BCUT2D eigenvalue weighted by Gasteiger charge is -2.15. The number of carbonyl (C=O) groups is 1. The van der Waals surface area contributed by atoms with Crippen LogP contribution in [0.5, 0.6) is 5.75 Å². The van der Waals surface area contributed by atoms with Gasteiger partial charge >= 0.3 is 0 Å². The molecule has 0 radical (unpaired) electrons. The van der Waals surface area contributed by atoms with Crippen LogP contribution in [0.15, 0.2) is 35.6 Å². The zero-order chi connectivity index (χ0) is 19.5. The van der Waals surface area contributed by atoms with E-state index in [1.165, 1.54) is 35.0 Å². The third-order valence-corrected chi connectivity index (χ3v) is 7.12. The molecule has 4 rings (SSSR count). The van der Waals surface area contributed by atoms with E-state index in [9.17, 15) is 4.79 Å². The van der Waals surface area contributed by atoms with Crippen LogP contribution in [0.2, 0.25) is 0 Å². The van der Waals surface area contributed by atoms with Crippen LogP contribution in [0.4, 0.5) is 5.69 Å². The summed E-state index contributed by atoms with van der Waals surface area (Å²) < 4.78 is 5.60. The van der Waals surface area contributed by atoms with Gasteiger partial charge in [-0.2, -0.15) is 0 Å². The van der Waals surface area contributed by atoms with E-state index >= 15 is 0 Å². The molecule has 0 fully saturated rings. The molecule has 1 aliphatic rings. The number of aryl methyl sites for hydroxylation is 2. The first-order valence-electron chi connectivity index (χ1n) is 9.62. The van der Waals surface area contributed by atoms with Crippen LogP contribution >= 0.6 is 23.1 Å². The number of anilines is 1. The maximum absolute atomic E-state index is 12.8. The van der Waals surface area contributed by atoms with Gasteiger partial charge in [0.1, 0.15) is 21.9 Å². The molecule has 0 saturated heterocycles. The van der Waals surface area contributed by atoms with Gasteiger partial charge in [0, 0.05) is 10.3 Å². The maximum atomic E-state index is 12.8. The summed E-state index contributed by atoms with van der Waals surface area (Å²) in [6.07, 6.45) is 6.28. The number of hydrogen-bond donors (Lipinski definition) is 1. The molecular weight excluding hydrogens is 390 g/mol. The number of fused-ring (bicyclic) bond motifs is 3. The van der Waals surface area contributed by atoms with Crippen molar-refractivity contribution in [2.75, 3.05) is 11.9 Å². The van der Waals surface area contributed by atoms with Gasteiger partial charge in [-0.15, -0.1) is 11.3 Å². The molecule has 1 aromatic carbocycles. The van der Waals surface area contributed by atoms with Crippen molar-refractivity contribution < 1.29 is 9.53 Å². The summed E-state index contributed by atoms with van der Waals surface area (Å²) in [6, 6.07) is 7.51. The first-order chi connectivity index (χ1) is 13.7. The van der Waals surface area contributed by atoms with Crippen LogP contribution in [-0.4, -0.2) is 27.7 Å². The average molecular weight is 414 g/mol. The second-order valence-corrected chi connectivity index (χ2v) is 9.16. The van der Waals surface area contributed by atoms with Crippen molar-refractivity contribution in [3.8, 4) is 5.75 Å². The Morgan fingerprint density at radius 1 is 1.29 bits per heavy atom. The van der Waals surface area contributed by atoms with E-state index in [2.05, 4.69) is 15.3 Å². The van der Waals surface area contributed by atoms with Crippen molar-refractivity contribution in [1.29, 1.82) is 0 Å². The Bertz CT molecular complexity index is 1000. The fourth-order valence-corrected chi connectivity index (χ4v) is 5.70. The van der Waals surface area contributed by atoms with Crippen LogP contribution in [0.1, 0.15) is 37.1 Å². The Labute approximate surface area is 172 Å². The minimum Gasteiger partial charge on any atom is -0.492 e. The number of aromatic nitrogens is 2. The highest BCUT2D eigenvalue weighted by Crippen LogP contribution is 2.40. The Balaban J connectivity index is 1.55. The zero-order valence-electron chi connectivity index (χ0n) is 16.0. The van der Waals surface area contributed by atoms with Crippen molar-refractivity contribution >= 4 is 44.9 Å². The highest BCUT2D eigenvalue weighted by atomic mass is 32.2. The van der Waals surface area contributed by atoms with Crippen molar-refractivity contribution in [2.45, 2.75) is 49.8 Å². The van der Waals surface area contributed by atoms with E-state index in [4.69, 9.17) is 4.74 Å². The smallest absolute Gasteiger partial charge is 0.237 e. The van der Waals surface area contributed by atoms with Crippen LogP contribution < -0.4 is 10.1 Å². The number of nitrogens with zero attached hydrogens (tertiary/aromatic N) is 2. The molecule has 7 heteroatoms. The molecule has 0 bridgehead atoms. The topological polar surface area (TPSA) is 64.1 Å². The molecule has 1 amide bonds. The normalized spacial score (nSPS) is 14.5. The fourth-order valence-electron chi connectivity index (χ4n) is 3.46. The van der Waals surface area contributed by atoms with E-state index in [1.807, 2.05) is 38.1 Å². The molecule has 1 unspecified atom stereocenters. The molecule has 2 aromatic heterocycles. The first-order valence-corrected chi connectivity index (χ1v) is 11.3. The number of hydrogen-bond acceptors (Lipinski definition) is 6. The lowest BCUT2D eigenvalue weighted by molar-refractivity contribution is -0.115. The van der Waals surface area contributed by atoms with Crippen molar-refractivity contribution in [2.24, 2.45) is 0 Å². The predicted octanol–water partition coefficient (Wildman–Crippen LogP) is 5.09. The lowest BCUT2D eigenvalue weighted by atomic mass is 9.97. The average Bonchev–Trinajstić information content (AvgIpc) is 3.09. The molecule has 3 aromatic rings. The number of benzene rings is 1. The SMILES string of the molecule is CCOc1ccccc1NC(=O)C(C)Sc1ncnc2sc3c(c12)CCCC3. The minimum absolute atomic E-state index is 0.0620. The monoisotopic (exact) mass is 413 g/mol. The second kappa shape index (κ2) is 8.49. The Morgan fingerprint density at radius 3 is 2.96 bits per heavy atom. The molecule has 0 spiro atoms. The minimum atomic E-state index is -0.285. The second-order valence-electron chi connectivity index (χ2n) is 6.75. The van der Waals surface area contributed by atoms with Crippen molar-refractivity contribution in [3.63, 3.8) is 0 Å². The quantitative estimate of drug-likeness (QED) is 0.450. The van der Waals surface area contributed by atoms with Crippen LogP contribution in [0, 0.1) is 0 Å². The molecule has 0 aliphatic heterocycles. The standard InChI is InChI=1S/C21H23N3O2S2/c1-3-26-16-10-6-5-9-15(16)24-19(25)13(2)27-20-18-14-8-4-7-11-17(14)28-21(18)23-12-22-20/h5-6,9-10,12-13H,3-4,7-8,11H2,1-2H3,(H,24,25). The zero-order valence-corrected chi connectivity index (χ0v) is 17.7. The molecule has 1 aliphatic carbocycles. The Morgan fingerprint density at radius 2 is 2.11 bits per heavy atom. The van der Waals surface area contributed by atoms with E-state index in [0.29, 0.717) is 18.0 Å². The molecule has 5 nitrogen and oxygen atoms in total. The van der Waals surface area contributed by atoms with Gasteiger partial charge in [-0.3, -0.25) is 4.79 Å². The van der Waals surface area contributed by atoms with Gasteiger partial charge in [0.2, 0.25) is 5.91 Å². The molecule has 28 heavy (non-hydrogen) atoms. The predicted molar refractivity (Wildman–Crippen MR) is 116 cm³/mol. The number of amides is 1. The lowest BCUT2D eigenvalue weighted by Crippen LogP contribution is -2.23. The van der Waals surface area contributed by atoms with Gasteiger partial charge in [-0.1, -0.05) is 23.9 Å². The molecule has 146 valence electrons. The summed E-state index contributed by atoms with van der Waals surface area (Å²) in [5.74, 6) is 0.625. The first kappa shape index (κ1) is 19.2. The van der Waals surface area contributed by atoms with Crippen LogP contribution in [0.3, 0.4) is 0 Å². The summed E-state index contributed by atoms with van der Waals surface area (Å²) in [4.78, 5) is 24.3. The van der Waals surface area contributed by atoms with E-state index in [-0.39, 0.29) is 11.2 Å². The van der Waals surface area contributed by atoms with Gasteiger partial charge in [-0.25, -0.2) is 9.97 Å². The van der Waals surface area contributed by atoms with Crippen molar-refractivity contribution in [3.05, 3.63) is 41.0 Å². The van der Waals surface area contributed by atoms with Crippen LogP contribution in [-0.2, 0) is 17.6 Å². The highest BCUT2D eigenvalue weighted by molar-refractivity contribution is 8.00. The Kier molecular flexibility index (Phi) is 5.82. The molecule has 2 heterocycles. The number of ether oxygens (including phenoxy) is 1. The number of para-hydroxylation sites is 2. The summed E-state index contributed by atoms with van der Waals surface area (Å²) in [6.45, 7) is 4.40. The van der Waals surface area contributed by atoms with Crippen LogP contribution in [0.25, 0.3) is 10.2 Å². The summed E-state index contributed by atoms with van der Waals surface area (Å²) in [5.41, 5.74) is 2.09. The van der Waals surface area contributed by atoms with Gasteiger partial charge in [0.25, 0.3) is 0 Å².